The molecule has 5 heteroatoms. The number of carbonyl (C=O) groups is 2. The third-order valence-electron chi connectivity index (χ3n) is 1.84. The number of hydrogen-bond acceptors (Lipinski definition) is 4. The Morgan fingerprint density at radius 2 is 2.00 bits per heavy atom. The maximum Gasteiger partial charge on any atom is 0.259 e. The lowest BCUT2D eigenvalue weighted by Crippen LogP contribution is -2.63. The van der Waals surface area contributed by atoms with Crippen LogP contribution in [0, 0.1) is 0 Å². The molecule has 4 N–H and O–H groups in total. The van der Waals surface area contributed by atoms with Gasteiger partial charge in [-0.3, -0.25) is 14.9 Å². The molecule has 1 fully saturated rings. The number of imide groups is 1. The smallest absolute Gasteiger partial charge is 0.259 e. The van der Waals surface area contributed by atoms with E-state index in [0.29, 0.717) is 0 Å². The summed E-state index contributed by atoms with van der Waals surface area (Å²) in [6.07, 6.45) is -0.0151. The van der Waals surface area contributed by atoms with Gasteiger partial charge in [0.05, 0.1) is 6.04 Å². The van der Waals surface area contributed by atoms with Gasteiger partial charge in [-0.15, -0.1) is 0 Å². The molecule has 1 aliphatic rings. The molecule has 0 aromatic rings. The third-order valence-corrected chi connectivity index (χ3v) is 1.84. The van der Waals surface area contributed by atoms with Crippen LogP contribution in [0.15, 0.2) is 0 Å². The minimum atomic E-state index is -1.62. The average Bonchev–Trinajstić information content (AvgIpc) is 2.05. The van der Waals surface area contributed by atoms with E-state index < -0.39 is 23.5 Å². The van der Waals surface area contributed by atoms with Crippen LogP contribution in [0.2, 0.25) is 0 Å². The quantitative estimate of drug-likeness (QED) is 0.431. The molecule has 0 aromatic carbocycles. The van der Waals surface area contributed by atoms with Crippen LogP contribution in [0.5, 0.6) is 0 Å². The Hall–Kier alpha value is -0.940. The lowest BCUT2D eigenvalue weighted by molar-refractivity contribution is -0.150. The highest BCUT2D eigenvalue weighted by atomic mass is 16.3. The minimum absolute atomic E-state index is 0.0151. The zero-order valence-corrected chi connectivity index (χ0v) is 8.13. The van der Waals surface area contributed by atoms with Crippen molar-refractivity contribution in [2.24, 2.45) is 5.73 Å². The zero-order chi connectivity index (χ0) is 10.6. The van der Waals surface area contributed by atoms with Crippen molar-refractivity contribution >= 4 is 11.8 Å². The van der Waals surface area contributed by atoms with Gasteiger partial charge in [-0.25, -0.2) is 0 Å². The Balaban J connectivity index is 0.000000671. The number of amides is 2. The first-order valence-electron chi connectivity index (χ1n) is 4.27. The fourth-order valence-corrected chi connectivity index (χ4v) is 0.871. The Labute approximate surface area is 77.3 Å². The molecule has 13 heavy (non-hydrogen) atoms. The second kappa shape index (κ2) is 4.34. The summed E-state index contributed by atoms with van der Waals surface area (Å²) in [5.41, 5.74) is 3.74. The second-order valence-electron chi connectivity index (χ2n) is 2.84. The molecule has 2 amide bonds. The molecular weight excluding hydrogens is 172 g/mol. The first-order valence-corrected chi connectivity index (χ1v) is 4.27. The van der Waals surface area contributed by atoms with Crippen molar-refractivity contribution in [1.29, 1.82) is 0 Å². The summed E-state index contributed by atoms with van der Waals surface area (Å²) in [6.45, 7) is 5.29. The molecule has 1 aliphatic heterocycles. The topological polar surface area (TPSA) is 92.4 Å². The molecule has 0 saturated carbocycles. The third kappa shape index (κ3) is 2.50. The highest BCUT2D eigenvalue weighted by molar-refractivity contribution is 6.02. The van der Waals surface area contributed by atoms with Crippen molar-refractivity contribution in [2.45, 2.75) is 38.8 Å². The summed E-state index contributed by atoms with van der Waals surface area (Å²) in [6, 6.07) is -0.802. The van der Waals surface area contributed by atoms with Gasteiger partial charge in [0, 0.05) is 6.42 Å². The average molecular weight is 188 g/mol. The lowest BCUT2D eigenvalue weighted by atomic mass is 9.90. The van der Waals surface area contributed by atoms with Crippen LogP contribution in [0.4, 0.5) is 0 Å². The number of nitrogens with two attached hydrogens (primary N) is 1. The molecular formula is C8H16N2O3. The van der Waals surface area contributed by atoms with Gasteiger partial charge in [0.1, 0.15) is 0 Å². The largest absolute Gasteiger partial charge is 0.379 e. The Kier molecular flexibility index (Phi) is 4.03. The van der Waals surface area contributed by atoms with Crippen LogP contribution in [-0.4, -0.2) is 28.6 Å². The van der Waals surface area contributed by atoms with E-state index in [1.54, 1.807) is 0 Å². The number of nitrogens with one attached hydrogen (secondary N) is 1. The predicted molar refractivity (Wildman–Crippen MR) is 47.7 cm³/mol. The molecule has 0 radical (unpaired) electrons. The molecule has 76 valence electrons. The summed E-state index contributed by atoms with van der Waals surface area (Å²) in [4.78, 5) is 21.5. The normalized spacial score (nSPS) is 33.2. The van der Waals surface area contributed by atoms with E-state index in [2.05, 4.69) is 0 Å². The van der Waals surface area contributed by atoms with E-state index in [0.717, 1.165) is 0 Å². The molecule has 1 saturated heterocycles. The van der Waals surface area contributed by atoms with Crippen molar-refractivity contribution in [3.8, 4) is 0 Å². The van der Waals surface area contributed by atoms with E-state index in [-0.39, 0.29) is 6.42 Å². The Morgan fingerprint density at radius 3 is 2.38 bits per heavy atom. The van der Waals surface area contributed by atoms with Gasteiger partial charge in [0.15, 0.2) is 5.60 Å². The molecule has 0 aliphatic carbocycles. The molecule has 2 unspecified atom stereocenters. The van der Waals surface area contributed by atoms with Crippen LogP contribution < -0.4 is 11.1 Å². The van der Waals surface area contributed by atoms with E-state index >= 15 is 0 Å². The first kappa shape index (κ1) is 12.1. The van der Waals surface area contributed by atoms with E-state index in [9.17, 15) is 14.7 Å². The Morgan fingerprint density at radius 1 is 1.54 bits per heavy atom. The summed E-state index contributed by atoms with van der Waals surface area (Å²) >= 11 is 0. The molecule has 5 nitrogen and oxygen atoms in total. The summed E-state index contributed by atoms with van der Waals surface area (Å²) in [5, 5.41) is 11.3. The van der Waals surface area contributed by atoms with E-state index in [1.807, 2.05) is 19.2 Å². The fraction of sp³-hybridized carbons (Fsp3) is 0.750. The van der Waals surface area contributed by atoms with Crippen LogP contribution >= 0.6 is 0 Å². The monoisotopic (exact) mass is 188 g/mol. The fourth-order valence-electron chi connectivity index (χ4n) is 0.871. The van der Waals surface area contributed by atoms with Gasteiger partial charge in [0.2, 0.25) is 5.91 Å². The molecule has 1 heterocycles. The number of piperidine rings is 1. The molecule has 0 bridgehead atoms. The highest BCUT2D eigenvalue weighted by Crippen LogP contribution is 2.15. The first-order chi connectivity index (χ1) is 5.94. The van der Waals surface area contributed by atoms with Crippen molar-refractivity contribution in [3.63, 3.8) is 0 Å². The van der Waals surface area contributed by atoms with Gasteiger partial charge in [-0.2, -0.15) is 0 Å². The van der Waals surface area contributed by atoms with Gasteiger partial charge >= 0.3 is 0 Å². The van der Waals surface area contributed by atoms with Crippen LogP contribution in [0.3, 0.4) is 0 Å². The highest BCUT2D eigenvalue weighted by Gasteiger charge is 2.42. The predicted octanol–water partition coefficient (Wildman–Crippen LogP) is -0.863. The van der Waals surface area contributed by atoms with Crippen molar-refractivity contribution in [3.05, 3.63) is 0 Å². The van der Waals surface area contributed by atoms with Crippen LogP contribution in [0.25, 0.3) is 0 Å². The second-order valence-corrected chi connectivity index (χ2v) is 2.84. The van der Waals surface area contributed by atoms with Gasteiger partial charge in [-0.05, 0) is 6.92 Å². The van der Waals surface area contributed by atoms with E-state index in [1.165, 1.54) is 6.92 Å². The molecule has 0 spiro atoms. The van der Waals surface area contributed by atoms with Gasteiger partial charge < -0.3 is 10.8 Å². The summed E-state index contributed by atoms with van der Waals surface area (Å²) in [7, 11) is 0. The summed E-state index contributed by atoms with van der Waals surface area (Å²) in [5.74, 6) is -1.16. The number of rotatable bonds is 0. The molecule has 0 aromatic heterocycles. The molecule has 1 rings (SSSR count). The Bertz CT molecular complexity index is 213. The van der Waals surface area contributed by atoms with Gasteiger partial charge in [0.25, 0.3) is 5.91 Å². The van der Waals surface area contributed by atoms with Crippen LogP contribution in [-0.2, 0) is 9.59 Å². The number of carbonyl (C=O) groups excluding carboxylic acids is 2. The zero-order valence-electron chi connectivity index (χ0n) is 8.13. The maximum atomic E-state index is 10.9. The molecule has 2 atom stereocenters. The standard InChI is InChI=1S/C6H10N2O3.C2H6/c1-6(11)3(7)2-4(9)8-5(6)10;1-2/h3,11H,2,7H2,1H3,(H,8,9,10);1-2H3. The van der Waals surface area contributed by atoms with Crippen molar-refractivity contribution in [2.75, 3.05) is 0 Å². The minimum Gasteiger partial charge on any atom is -0.379 e. The van der Waals surface area contributed by atoms with E-state index in [4.69, 9.17) is 5.73 Å². The number of aliphatic hydroxyl groups is 1. The number of hydrogen-bond donors (Lipinski definition) is 3. The lowest BCUT2D eigenvalue weighted by Gasteiger charge is -2.32. The van der Waals surface area contributed by atoms with Gasteiger partial charge in [-0.1, -0.05) is 13.8 Å². The van der Waals surface area contributed by atoms with Crippen molar-refractivity contribution in [1.82, 2.24) is 5.32 Å². The summed E-state index contributed by atoms with van der Waals surface area (Å²) < 4.78 is 0. The SMILES string of the molecule is CC.CC1(O)C(=O)NC(=O)CC1N. The van der Waals surface area contributed by atoms with Crippen LogP contribution in [0.1, 0.15) is 27.2 Å². The van der Waals surface area contributed by atoms with Crippen molar-refractivity contribution < 1.29 is 14.7 Å². The maximum absolute atomic E-state index is 10.9.